The molecule has 0 radical (unpaired) electrons. The maximum absolute atomic E-state index is 14.0. The lowest BCUT2D eigenvalue weighted by Gasteiger charge is -2.26. The van der Waals surface area contributed by atoms with Crippen LogP contribution in [0.15, 0.2) is 18.3 Å². The van der Waals surface area contributed by atoms with Gasteiger partial charge in [0.05, 0.1) is 17.3 Å². The van der Waals surface area contributed by atoms with E-state index in [1.807, 2.05) is 0 Å². The Morgan fingerprint density at radius 2 is 2.08 bits per heavy atom. The van der Waals surface area contributed by atoms with Crippen molar-refractivity contribution in [1.29, 1.82) is 0 Å². The summed E-state index contributed by atoms with van der Waals surface area (Å²) in [7, 11) is 1.79. The number of aryl methyl sites for hydroxylation is 1. The molecule has 1 atom stereocenters. The van der Waals surface area contributed by atoms with Crippen LogP contribution < -0.4 is 5.32 Å². The van der Waals surface area contributed by atoms with E-state index in [-0.39, 0.29) is 11.9 Å². The second kappa shape index (κ2) is 5.69. The molecule has 1 fully saturated rings. The van der Waals surface area contributed by atoms with Gasteiger partial charge in [-0.05, 0) is 49.3 Å². The molecule has 1 N–H and O–H groups in total. The predicted octanol–water partition coefficient (Wildman–Crippen LogP) is 3.38. The first-order valence-electron chi connectivity index (χ1n) is 8.35. The van der Waals surface area contributed by atoms with E-state index in [4.69, 9.17) is 0 Å². The van der Waals surface area contributed by atoms with Crippen LogP contribution in [0.1, 0.15) is 64.8 Å². The summed E-state index contributed by atoms with van der Waals surface area (Å²) in [4.78, 5) is 12.7. The van der Waals surface area contributed by atoms with Gasteiger partial charge in [0.1, 0.15) is 11.6 Å². The van der Waals surface area contributed by atoms with E-state index in [0.717, 1.165) is 31.0 Å². The van der Waals surface area contributed by atoms with Gasteiger partial charge in [-0.15, -0.1) is 0 Å². The van der Waals surface area contributed by atoms with E-state index >= 15 is 0 Å². The molecule has 6 heteroatoms. The summed E-state index contributed by atoms with van der Waals surface area (Å²) in [5.41, 5.74) is 2.48. The third-order valence-corrected chi connectivity index (χ3v) is 4.86. The van der Waals surface area contributed by atoms with Gasteiger partial charge in [0.25, 0.3) is 5.91 Å². The van der Waals surface area contributed by atoms with Crippen molar-refractivity contribution < 1.29 is 13.6 Å². The number of hydrogen-bond acceptors (Lipinski definition) is 2. The second-order valence-corrected chi connectivity index (χ2v) is 6.75. The lowest BCUT2D eigenvalue weighted by Crippen LogP contribution is -2.31. The highest BCUT2D eigenvalue weighted by Gasteiger charge is 2.32. The average molecular weight is 331 g/mol. The minimum Gasteiger partial charge on any atom is -0.345 e. The summed E-state index contributed by atoms with van der Waals surface area (Å²) in [6.45, 7) is 0. The number of rotatable bonds is 3. The molecular weight excluding hydrogens is 312 g/mol. The molecular formula is C18H19F2N3O. The molecule has 0 saturated heterocycles. The van der Waals surface area contributed by atoms with Crippen molar-refractivity contribution in [1.82, 2.24) is 15.1 Å². The number of nitrogens with one attached hydrogen (secondary N) is 1. The second-order valence-electron chi connectivity index (χ2n) is 6.75. The zero-order valence-corrected chi connectivity index (χ0v) is 13.5. The van der Waals surface area contributed by atoms with E-state index < -0.39 is 11.6 Å². The summed E-state index contributed by atoms with van der Waals surface area (Å²) in [6.07, 6.45) is 5.86. The topological polar surface area (TPSA) is 46.9 Å². The van der Waals surface area contributed by atoms with Crippen molar-refractivity contribution >= 4 is 5.91 Å². The van der Waals surface area contributed by atoms with Gasteiger partial charge in [0.2, 0.25) is 0 Å². The highest BCUT2D eigenvalue weighted by Crippen LogP contribution is 2.41. The molecule has 2 aliphatic rings. The van der Waals surface area contributed by atoms with E-state index in [1.54, 1.807) is 17.9 Å². The molecule has 0 bridgehead atoms. The summed E-state index contributed by atoms with van der Waals surface area (Å²) in [5, 5.41) is 7.35. The SMILES string of the molecule is Cn1cc(C(=O)N[C@@H]2CCCc3c(F)cc(F)cc32)c(C2CC2)n1. The predicted molar refractivity (Wildman–Crippen MR) is 84.7 cm³/mol. The minimum absolute atomic E-state index is 0.215. The average Bonchev–Trinajstić information content (AvgIpc) is 3.30. The monoisotopic (exact) mass is 331 g/mol. The fraction of sp³-hybridized carbons (Fsp3) is 0.444. The van der Waals surface area contributed by atoms with E-state index in [0.29, 0.717) is 35.4 Å². The van der Waals surface area contributed by atoms with Gasteiger partial charge in [-0.2, -0.15) is 5.10 Å². The fourth-order valence-electron chi connectivity index (χ4n) is 3.56. The number of halogens is 2. The van der Waals surface area contributed by atoms with Gasteiger partial charge in [-0.3, -0.25) is 9.48 Å². The van der Waals surface area contributed by atoms with Gasteiger partial charge >= 0.3 is 0 Å². The number of nitrogens with zero attached hydrogens (tertiary/aromatic N) is 2. The first kappa shape index (κ1) is 15.3. The zero-order valence-electron chi connectivity index (χ0n) is 13.5. The molecule has 24 heavy (non-hydrogen) atoms. The van der Waals surface area contributed by atoms with Crippen molar-refractivity contribution in [3.8, 4) is 0 Å². The number of benzene rings is 1. The smallest absolute Gasteiger partial charge is 0.255 e. The molecule has 0 aliphatic heterocycles. The molecule has 1 amide bonds. The Kier molecular flexibility index (Phi) is 3.62. The molecule has 0 unspecified atom stereocenters. The Morgan fingerprint density at radius 1 is 1.29 bits per heavy atom. The normalized spacial score (nSPS) is 19.9. The Labute approximate surface area is 138 Å². The molecule has 1 aromatic carbocycles. The standard InChI is InChI=1S/C18H19F2N3O/c1-23-9-14(17(22-23)10-5-6-10)18(24)21-16-4-2-3-12-13(16)7-11(19)8-15(12)20/h7-10,16H,2-6H2,1H3,(H,21,24)/t16-/m1/s1. The molecule has 4 rings (SSSR count). The van der Waals surface area contributed by atoms with Crippen LogP contribution in [0, 0.1) is 11.6 Å². The molecule has 0 spiro atoms. The quantitative estimate of drug-likeness (QED) is 0.937. The van der Waals surface area contributed by atoms with Gasteiger partial charge in [0, 0.05) is 25.2 Å². The lowest BCUT2D eigenvalue weighted by molar-refractivity contribution is 0.0931. The number of carbonyl (C=O) groups excluding carboxylic acids is 1. The number of aromatic nitrogens is 2. The summed E-state index contributed by atoms with van der Waals surface area (Å²) in [5.74, 6) is -0.982. The number of amides is 1. The largest absolute Gasteiger partial charge is 0.345 e. The number of hydrogen-bond donors (Lipinski definition) is 1. The Bertz CT molecular complexity index is 811. The fourth-order valence-corrected chi connectivity index (χ4v) is 3.56. The first-order valence-corrected chi connectivity index (χ1v) is 8.35. The molecule has 4 nitrogen and oxygen atoms in total. The van der Waals surface area contributed by atoms with Crippen LogP contribution in [0.3, 0.4) is 0 Å². The van der Waals surface area contributed by atoms with Crippen LogP contribution in [0.4, 0.5) is 8.78 Å². The van der Waals surface area contributed by atoms with Crippen molar-refractivity contribution in [2.24, 2.45) is 7.05 Å². The third-order valence-electron chi connectivity index (χ3n) is 4.86. The number of carbonyl (C=O) groups is 1. The van der Waals surface area contributed by atoms with Crippen molar-refractivity contribution in [3.63, 3.8) is 0 Å². The van der Waals surface area contributed by atoms with Crippen molar-refractivity contribution in [3.05, 3.63) is 52.3 Å². The Morgan fingerprint density at radius 3 is 2.83 bits per heavy atom. The van der Waals surface area contributed by atoms with Crippen LogP contribution in [0.2, 0.25) is 0 Å². The van der Waals surface area contributed by atoms with Crippen LogP contribution in [-0.2, 0) is 13.5 Å². The molecule has 1 saturated carbocycles. The van der Waals surface area contributed by atoms with Crippen molar-refractivity contribution in [2.45, 2.75) is 44.1 Å². The minimum atomic E-state index is -0.604. The summed E-state index contributed by atoms with van der Waals surface area (Å²) < 4.78 is 29.2. The Hall–Kier alpha value is -2.24. The molecule has 126 valence electrons. The van der Waals surface area contributed by atoms with Gasteiger partial charge < -0.3 is 5.32 Å². The summed E-state index contributed by atoms with van der Waals surface area (Å²) in [6, 6.07) is 1.89. The molecule has 2 aliphatic carbocycles. The summed E-state index contributed by atoms with van der Waals surface area (Å²) >= 11 is 0. The van der Waals surface area contributed by atoms with Crippen LogP contribution in [0.5, 0.6) is 0 Å². The van der Waals surface area contributed by atoms with Gasteiger partial charge in [-0.1, -0.05) is 0 Å². The van der Waals surface area contributed by atoms with Gasteiger partial charge in [-0.25, -0.2) is 8.78 Å². The number of fused-ring (bicyclic) bond motifs is 1. The lowest BCUT2D eigenvalue weighted by atomic mass is 9.87. The first-order chi connectivity index (χ1) is 11.5. The van der Waals surface area contributed by atoms with E-state index in [1.165, 1.54) is 6.07 Å². The third kappa shape index (κ3) is 2.70. The van der Waals surface area contributed by atoms with Crippen LogP contribution in [-0.4, -0.2) is 15.7 Å². The van der Waals surface area contributed by atoms with Gasteiger partial charge in [0.15, 0.2) is 0 Å². The molecule has 1 aromatic heterocycles. The van der Waals surface area contributed by atoms with E-state index in [9.17, 15) is 13.6 Å². The van der Waals surface area contributed by atoms with Crippen LogP contribution in [0.25, 0.3) is 0 Å². The molecule has 2 aromatic rings. The molecule has 1 heterocycles. The van der Waals surface area contributed by atoms with E-state index in [2.05, 4.69) is 10.4 Å². The van der Waals surface area contributed by atoms with Crippen LogP contribution >= 0.6 is 0 Å². The highest BCUT2D eigenvalue weighted by molar-refractivity contribution is 5.95. The maximum Gasteiger partial charge on any atom is 0.255 e. The maximum atomic E-state index is 14.0. The highest BCUT2D eigenvalue weighted by atomic mass is 19.1. The van der Waals surface area contributed by atoms with Crippen molar-refractivity contribution in [2.75, 3.05) is 0 Å². The Balaban J connectivity index is 1.62. The zero-order chi connectivity index (χ0) is 16.8.